The molecule has 1 atom stereocenters. The zero-order chi connectivity index (χ0) is 17.1. The Balaban J connectivity index is 1.32. The molecule has 2 aromatic rings. The van der Waals surface area contributed by atoms with Crippen molar-refractivity contribution < 1.29 is 4.39 Å². The molecule has 5 heteroatoms. The van der Waals surface area contributed by atoms with Crippen molar-refractivity contribution in [2.24, 2.45) is 0 Å². The molecular weight excluding hydrogens is 333 g/mol. The minimum atomic E-state index is -0.101. The summed E-state index contributed by atoms with van der Waals surface area (Å²) in [5, 5.41) is 2.17. The molecule has 4 rings (SSSR count). The molecule has 2 aliphatic heterocycles. The van der Waals surface area contributed by atoms with Crippen LogP contribution >= 0.6 is 11.3 Å². The maximum atomic E-state index is 14.0. The van der Waals surface area contributed by atoms with Crippen LogP contribution in [0, 0.1) is 5.82 Å². The second kappa shape index (κ2) is 7.85. The summed E-state index contributed by atoms with van der Waals surface area (Å²) in [6.07, 6.45) is 2.57. The number of benzene rings is 1. The fraction of sp³-hybridized carbons (Fsp3) is 0.500. The van der Waals surface area contributed by atoms with Crippen LogP contribution in [0.4, 0.5) is 10.1 Å². The molecule has 0 spiro atoms. The number of hydrogen-bond donors (Lipinski definition) is 0. The highest BCUT2D eigenvalue weighted by atomic mass is 32.1. The van der Waals surface area contributed by atoms with Gasteiger partial charge in [0.25, 0.3) is 0 Å². The number of thiophene rings is 1. The number of para-hydroxylation sites is 1. The molecular formula is C20H26FN3S. The van der Waals surface area contributed by atoms with Gasteiger partial charge in [-0.3, -0.25) is 9.80 Å². The average molecular weight is 360 g/mol. The van der Waals surface area contributed by atoms with E-state index in [0.717, 1.165) is 45.0 Å². The second-order valence-electron chi connectivity index (χ2n) is 7.08. The largest absolute Gasteiger partial charge is 0.367 e. The molecule has 0 saturated carbocycles. The minimum Gasteiger partial charge on any atom is -0.367 e. The van der Waals surface area contributed by atoms with Crippen molar-refractivity contribution in [3.05, 3.63) is 52.5 Å². The third kappa shape index (κ3) is 4.05. The van der Waals surface area contributed by atoms with Crippen molar-refractivity contribution in [3.8, 4) is 0 Å². The molecule has 0 radical (unpaired) electrons. The van der Waals surface area contributed by atoms with Crippen molar-refractivity contribution in [1.29, 1.82) is 0 Å². The molecule has 2 fully saturated rings. The highest BCUT2D eigenvalue weighted by Gasteiger charge is 2.28. The van der Waals surface area contributed by atoms with E-state index >= 15 is 0 Å². The van der Waals surface area contributed by atoms with Crippen LogP contribution in [-0.4, -0.2) is 55.1 Å². The molecule has 2 aliphatic rings. The number of piperidine rings is 1. The molecule has 0 N–H and O–H groups in total. The van der Waals surface area contributed by atoms with Gasteiger partial charge in [0.15, 0.2) is 0 Å². The first kappa shape index (κ1) is 17.0. The lowest BCUT2D eigenvalue weighted by Gasteiger charge is -2.44. The fourth-order valence-electron chi connectivity index (χ4n) is 4.13. The molecule has 0 bridgehead atoms. The summed E-state index contributed by atoms with van der Waals surface area (Å²) in [4.78, 5) is 8.88. The quantitative estimate of drug-likeness (QED) is 0.825. The first-order valence-electron chi connectivity index (χ1n) is 9.28. The average Bonchev–Trinajstić information content (AvgIpc) is 3.16. The van der Waals surface area contributed by atoms with Crippen LogP contribution in [0.3, 0.4) is 0 Å². The highest BCUT2D eigenvalue weighted by molar-refractivity contribution is 7.09. The van der Waals surface area contributed by atoms with E-state index in [1.807, 2.05) is 23.5 Å². The molecule has 134 valence electrons. The summed E-state index contributed by atoms with van der Waals surface area (Å²) in [7, 11) is 0. The second-order valence-corrected chi connectivity index (χ2v) is 8.12. The predicted octanol–water partition coefficient (Wildman–Crippen LogP) is 3.67. The Bertz CT molecular complexity index is 667. The summed E-state index contributed by atoms with van der Waals surface area (Å²) in [6.45, 7) is 7.37. The highest BCUT2D eigenvalue weighted by Crippen LogP contribution is 2.24. The Morgan fingerprint density at radius 2 is 1.84 bits per heavy atom. The first-order valence-corrected chi connectivity index (χ1v) is 10.2. The smallest absolute Gasteiger partial charge is 0.146 e. The zero-order valence-corrected chi connectivity index (χ0v) is 15.4. The van der Waals surface area contributed by atoms with Gasteiger partial charge in [0.2, 0.25) is 0 Å². The van der Waals surface area contributed by atoms with Gasteiger partial charge in [0.1, 0.15) is 5.82 Å². The molecule has 3 heterocycles. The van der Waals surface area contributed by atoms with Crippen molar-refractivity contribution in [1.82, 2.24) is 9.80 Å². The lowest BCUT2D eigenvalue weighted by molar-refractivity contribution is 0.0892. The Labute approximate surface area is 153 Å². The summed E-state index contributed by atoms with van der Waals surface area (Å²) < 4.78 is 14.0. The molecule has 0 aliphatic carbocycles. The third-order valence-electron chi connectivity index (χ3n) is 5.46. The molecule has 2 saturated heterocycles. The number of nitrogens with zero attached hydrogens (tertiary/aromatic N) is 3. The van der Waals surface area contributed by atoms with Gasteiger partial charge in [-0.05, 0) is 43.0 Å². The van der Waals surface area contributed by atoms with Crippen molar-refractivity contribution in [2.75, 3.05) is 44.2 Å². The third-order valence-corrected chi connectivity index (χ3v) is 6.33. The van der Waals surface area contributed by atoms with Gasteiger partial charge < -0.3 is 4.90 Å². The zero-order valence-electron chi connectivity index (χ0n) is 14.6. The number of halogens is 1. The van der Waals surface area contributed by atoms with E-state index in [9.17, 15) is 4.39 Å². The molecule has 1 unspecified atom stereocenters. The number of piperazine rings is 1. The number of hydrogen-bond acceptors (Lipinski definition) is 4. The van der Waals surface area contributed by atoms with E-state index < -0.39 is 0 Å². The van der Waals surface area contributed by atoms with Gasteiger partial charge in [-0.2, -0.15) is 0 Å². The van der Waals surface area contributed by atoms with Gasteiger partial charge in [0.05, 0.1) is 5.69 Å². The van der Waals surface area contributed by atoms with Gasteiger partial charge in [-0.15, -0.1) is 11.3 Å². The number of likely N-dealkylation sites (tertiary alicyclic amines) is 1. The Morgan fingerprint density at radius 3 is 2.60 bits per heavy atom. The summed E-state index contributed by atoms with van der Waals surface area (Å²) in [5.41, 5.74) is 0.755. The Hall–Kier alpha value is -1.43. The first-order chi connectivity index (χ1) is 12.3. The van der Waals surface area contributed by atoms with Crippen molar-refractivity contribution in [2.45, 2.75) is 25.4 Å². The summed E-state index contributed by atoms with van der Waals surface area (Å²) in [6, 6.07) is 12.2. The van der Waals surface area contributed by atoms with Gasteiger partial charge in [-0.1, -0.05) is 18.2 Å². The van der Waals surface area contributed by atoms with Crippen LogP contribution in [0.15, 0.2) is 41.8 Å². The number of rotatable bonds is 4. The Morgan fingerprint density at radius 1 is 1.00 bits per heavy atom. The van der Waals surface area contributed by atoms with Gasteiger partial charge in [-0.25, -0.2) is 4.39 Å². The van der Waals surface area contributed by atoms with E-state index in [-0.39, 0.29) is 5.82 Å². The molecule has 25 heavy (non-hydrogen) atoms. The maximum Gasteiger partial charge on any atom is 0.146 e. The minimum absolute atomic E-state index is 0.101. The molecule has 1 aromatic heterocycles. The SMILES string of the molecule is Fc1ccccc1N1CCN(C2CCCN(Cc3cccs3)C2)CC1. The van der Waals surface area contributed by atoms with E-state index in [1.54, 1.807) is 12.1 Å². The van der Waals surface area contributed by atoms with E-state index in [2.05, 4.69) is 32.2 Å². The topological polar surface area (TPSA) is 9.72 Å². The van der Waals surface area contributed by atoms with Crippen LogP contribution in [0.5, 0.6) is 0 Å². The van der Waals surface area contributed by atoms with Crippen LogP contribution < -0.4 is 4.90 Å². The summed E-state index contributed by atoms with van der Waals surface area (Å²) in [5.74, 6) is -0.101. The normalized spacial score (nSPS) is 23.1. The van der Waals surface area contributed by atoms with E-state index in [0.29, 0.717) is 6.04 Å². The van der Waals surface area contributed by atoms with Crippen LogP contribution in [-0.2, 0) is 6.54 Å². The lowest BCUT2D eigenvalue weighted by Crippen LogP contribution is -2.55. The van der Waals surface area contributed by atoms with Crippen LogP contribution in [0.1, 0.15) is 17.7 Å². The molecule has 3 nitrogen and oxygen atoms in total. The predicted molar refractivity (Wildman–Crippen MR) is 103 cm³/mol. The molecule has 1 aromatic carbocycles. The standard InChI is InChI=1S/C20H26FN3S/c21-19-7-1-2-8-20(19)24-12-10-23(11-13-24)17-5-3-9-22(15-17)16-18-6-4-14-25-18/h1-2,4,6-8,14,17H,3,5,9-13,15-16H2. The van der Waals surface area contributed by atoms with E-state index in [4.69, 9.17) is 0 Å². The molecule has 0 amide bonds. The lowest BCUT2D eigenvalue weighted by atomic mass is 10.0. The van der Waals surface area contributed by atoms with Crippen LogP contribution in [0.2, 0.25) is 0 Å². The number of anilines is 1. The van der Waals surface area contributed by atoms with Crippen molar-refractivity contribution in [3.63, 3.8) is 0 Å². The van der Waals surface area contributed by atoms with Gasteiger partial charge in [0, 0.05) is 50.2 Å². The van der Waals surface area contributed by atoms with Crippen LogP contribution in [0.25, 0.3) is 0 Å². The Kier molecular flexibility index (Phi) is 5.34. The maximum absolute atomic E-state index is 14.0. The fourth-order valence-corrected chi connectivity index (χ4v) is 4.88. The van der Waals surface area contributed by atoms with Gasteiger partial charge >= 0.3 is 0 Å². The summed E-state index contributed by atoms with van der Waals surface area (Å²) >= 11 is 1.86. The van der Waals surface area contributed by atoms with E-state index in [1.165, 1.54) is 24.3 Å². The van der Waals surface area contributed by atoms with Crippen molar-refractivity contribution >= 4 is 17.0 Å². The monoisotopic (exact) mass is 359 g/mol.